The number of hydrogen-bond acceptors (Lipinski definition) is 2. The molecule has 0 unspecified atom stereocenters. The van der Waals surface area contributed by atoms with Gasteiger partial charge in [0, 0.05) is 16.7 Å². The van der Waals surface area contributed by atoms with Crippen molar-refractivity contribution in [1.82, 2.24) is 9.97 Å². The van der Waals surface area contributed by atoms with Crippen molar-refractivity contribution in [2.24, 2.45) is 0 Å². The topological polar surface area (TPSA) is 25.8 Å². The van der Waals surface area contributed by atoms with Crippen LogP contribution in [0.2, 0.25) is 0 Å². The Hall–Kier alpha value is -7.16. The fourth-order valence-electron chi connectivity index (χ4n) is 9.15. The molecule has 0 saturated carbocycles. The number of rotatable bonds is 3. The Balaban J connectivity index is 1.23. The summed E-state index contributed by atoms with van der Waals surface area (Å²) in [7, 11) is 0. The number of fused-ring (bicyclic) bond motifs is 5. The molecule has 11 aromatic carbocycles. The number of benzene rings is 10. The minimum Gasteiger partial charge on any atom is -0.228 e. The lowest BCUT2D eigenvalue weighted by atomic mass is 9.87. The normalized spacial score (nSPS) is 12.1. The summed E-state index contributed by atoms with van der Waals surface area (Å²) in [5, 5.41) is 20.0. The molecule has 0 aliphatic carbocycles. The zero-order valence-electron chi connectivity index (χ0n) is 29.2. The maximum Gasteiger partial charge on any atom is 0.160 e. The van der Waals surface area contributed by atoms with E-state index in [-0.39, 0.29) is 0 Å². The first-order valence-corrected chi connectivity index (χ1v) is 18.6. The molecule has 1 heterocycles. The van der Waals surface area contributed by atoms with E-state index in [4.69, 9.17) is 9.97 Å². The summed E-state index contributed by atoms with van der Waals surface area (Å²) in [4.78, 5) is 10.7. The molecule has 12 aromatic rings. The van der Waals surface area contributed by atoms with Gasteiger partial charge in [-0.1, -0.05) is 164 Å². The van der Waals surface area contributed by atoms with E-state index in [0.717, 1.165) is 28.1 Å². The molecule has 0 aliphatic rings. The van der Waals surface area contributed by atoms with Gasteiger partial charge in [0.15, 0.2) is 5.82 Å². The van der Waals surface area contributed by atoms with Crippen molar-refractivity contribution in [3.05, 3.63) is 182 Å². The number of aromatic nitrogens is 2. The Morgan fingerprint density at radius 3 is 1.43 bits per heavy atom. The Morgan fingerprint density at radius 2 is 0.741 bits per heavy atom. The SMILES string of the molecule is c1ccc(-c2nc(-c3cc4ccc5cccc6c7cccc8ccc9cccc(c(c3)c4c56)c9c87)cc(-c3cccc4ccc5ccccc5c34)n2)cc1. The summed E-state index contributed by atoms with van der Waals surface area (Å²) >= 11 is 0. The van der Waals surface area contributed by atoms with E-state index < -0.39 is 0 Å². The summed E-state index contributed by atoms with van der Waals surface area (Å²) in [5.41, 5.74) is 4.97. The maximum absolute atomic E-state index is 5.36. The summed E-state index contributed by atoms with van der Waals surface area (Å²) in [6, 6.07) is 66.3. The third-order valence-electron chi connectivity index (χ3n) is 11.5. The lowest BCUT2D eigenvalue weighted by molar-refractivity contribution is 1.19. The molecule has 12 rings (SSSR count). The first kappa shape index (κ1) is 29.4. The van der Waals surface area contributed by atoms with E-state index in [9.17, 15) is 0 Å². The van der Waals surface area contributed by atoms with Crippen molar-refractivity contribution >= 4 is 86.2 Å². The van der Waals surface area contributed by atoms with Gasteiger partial charge in [0.1, 0.15) is 0 Å². The molecule has 0 N–H and O–H groups in total. The van der Waals surface area contributed by atoms with Crippen molar-refractivity contribution < 1.29 is 0 Å². The average Bonchev–Trinajstić information content (AvgIpc) is 3.24. The van der Waals surface area contributed by atoms with Crippen LogP contribution in [-0.4, -0.2) is 9.97 Å². The van der Waals surface area contributed by atoms with Crippen molar-refractivity contribution in [3.63, 3.8) is 0 Å². The van der Waals surface area contributed by atoms with E-state index in [0.29, 0.717) is 5.82 Å². The minimum absolute atomic E-state index is 0.713. The van der Waals surface area contributed by atoms with Gasteiger partial charge in [-0.2, -0.15) is 0 Å². The molecule has 0 atom stereocenters. The van der Waals surface area contributed by atoms with Gasteiger partial charge < -0.3 is 0 Å². The molecule has 0 amide bonds. The Morgan fingerprint density at radius 1 is 0.259 bits per heavy atom. The summed E-state index contributed by atoms with van der Waals surface area (Å²) < 4.78 is 0. The van der Waals surface area contributed by atoms with Crippen LogP contribution in [0.25, 0.3) is 120 Å². The number of hydrogen-bond donors (Lipinski definition) is 0. The van der Waals surface area contributed by atoms with E-state index in [1.807, 2.05) is 6.07 Å². The van der Waals surface area contributed by atoms with E-state index in [1.54, 1.807) is 0 Å². The van der Waals surface area contributed by atoms with Crippen LogP contribution in [0.3, 0.4) is 0 Å². The van der Waals surface area contributed by atoms with Crippen LogP contribution in [0.4, 0.5) is 0 Å². The Kier molecular flexibility index (Phi) is 6.09. The van der Waals surface area contributed by atoms with E-state index in [1.165, 1.54) is 86.2 Å². The predicted octanol–water partition coefficient (Wildman–Crippen LogP) is 14.1. The monoisotopic (exact) mass is 682 g/mol. The van der Waals surface area contributed by atoms with Crippen molar-refractivity contribution in [1.29, 1.82) is 0 Å². The highest BCUT2D eigenvalue weighted by atomic mass is 14.9. The van der Waals surface area contributed by atoms with Crippen molar-refractivity contribution in [2.75, 3.05) is 0 Å². The fraction of sp³-hybridized carbons (Fsp3) is 0. The first-order chi connectivity index (χ1) is 26.8. The molecule has 0 fully saturated rings. The van der Waals surface area contributed by atoms with Gasteiger partial charge in [-0.05, 0) is 104 Å². The van der Waals surface area contributed by atoms with Crippen molar-refractivity contribution in [3.8, 4) is 33.9 Å². The zero-order valence-corrected chi connectivity index (χ0v) is 29.2. The van der Waals surface area contributed by atoms with Gasteiger partial charge in [0.25, 0.3) is 0 Å². The molecule has 0 spiro atoms. The summed E-state index contributed by atoms with van der Waals surface area (Å²) in [6.45, 7) is 0. The molecular weight excluding hydrogens is 653 g/mol. The molecule has 1 aromatic heterocycles. The summed E-state index contributed by atoms with van der Waals surface area (Å²) in [6.07, 6.45) is 0. The van der Waals surface area contributed by atoms with Gasteiger partial charge in [-0.15, -0.1) is 0 Å². The van der Waals surface area contributed by atoms with Gasteiger partial charge in [-0.25, -0.2) is 9.97 Å². The highest BCUT2D eigenvalue weighted by Crippen LogP contribution is 2.45. The van der Waals surface area contributed by atoms with Crippen LogP contribution in [0, 0.1) is 0 Å². The minimum atomic E-state index is 0.713. The third-order valence-corrected chi connectivity index (χ3v) is 11.5. The standard InChI is InChI=1S/C52H30N2/c1-2-11-36(12-3-1)52-53-45(30-46(54-52)43-21-9-13-32-23-22-31-10-4-5-17-39(31)47(32)43)38-28-37-27-26-35-15-7-19-41-40-18-6-14-33-24-25-34-16-8-20-42(50(34)48(33)40)44(29-38)51(37)49(35)41/h1-30H. The highest BCUT2D eigenvalue weighted by molar-refractivity contribution is 6.37. The lowest BCUT2D eigenvalue weighted by Crippen LogP contribution is -1.97. The second-order valence-corrected chi connectivity index (χ2v) is 14.5. The Bertz CT molecular complexity index is 3490. The second kappa shape index (κ2) is 11.2. The van der Waals surface area contributed by atoms with Gasteiger partial charge in [-0.3, -0.25) is 0 Å². The molecule has 248 valence electrons. The van der Waals surface area contributed by atoms with E-state index >= 15 is 0 Å². The molecule has 54 heavy (non-hydrogen) atoms. The van der Waals surface area contributed by atoms with Gasteiger partial charge in [0.2, 0.25) is 0 Å². The lowest BCUT2D eigenvalue weighted by Gasteiger charge is -2.17. The van der Waals surface area contributed by atoms with Crippen LogP contribution in [0.15, 0.2) is 182 Å². The molecule has 0 saturated heterocycles. The number of nitrogens with zero attached hydrogens (tertiary/aromatic N) is 2. The molecule has 0 radical (unpaired) electrons. The zero-order chi connectivity index (χ0) is 35.3. The maximum atomic E-state index is 5.36. The van der Waals surface area contributed by atoms with Crippen LogP contribution >= 0.6 is 0 Å². The summed E-state index contributed by atoms with van der Waals surface area (Å²) in [5.74, 6) is 0.713. The smallest absolute Gasteiger partial charge is 0.160 e. The molecular formula is C52H30N2. The molecule has 0 bridgehead atoms. The fourth-order valence-corrected chi connectivity index (χ4v) is 9.15. The average molecular weight is 683 g/mol. The largest absolute Gasteiger partial charge is 0.228 e. The van der Waals surface area contributed by atoms with Crippen LogP contribution in [0.5, 0.6) is 0 Å². The quantitative estimate of drug-likeness (QED) is 0.173. The Labute approximate surface area is 310 Å². The van der Waals surface area contributed by atoms with Gasteiger partial charge in [0.05, 0.1) is 11.4 Å². The highest BCUT2D eigenvalue weighted by Gasteiger charge is 2.19. The third kappa shape index (κ3) is 4.22. The molecule has 2 nitrogen and oxygen atoms in total. The molecule has 2 heteroatoms. The second-order valence-electron chi connectivity index (χ2n) is 14.5. The predicted molar refractivity (Wildman–Crippen MR) is 230 cm³/mol. The van der Waals surface area contributed by atoms with Crippen molar-refractivity contribution in [2.45, 2.75) is 0 Å². The van der Waals surface area contributed by atoms with Gasteiger partial charge >= 0.3 is 0 Å². The van der Waals surface area contributed by atoms with E-state index in [2.05, 4.69) is 176 Å². The van der Waals surface area contributed by atoms with Crippen LogP contribution in [0.1, 0.15) is 0 Å². The van der Waals surface area contributed by atoms with Crippen LogP contribution in [-0.2, 0) is 0 Å². The first-order valence-electron chi connectivity index (χ1n) is 18.6. The van der Waals surface area contributed by atoms with Crippen LogP contribution < -0.4 is 0 Å². The molecule has 0 aliphatic heterocycles.